The minimum Gasteiger partial charge on any atom is -0.350 e. The molecule has 2 atom stereocenters. The van der Waals surface area contributed by atoms with E-state index in [2.05, 4.69) is 15.6 Å². The molecule has 2 fully saturated rings. The van der Waals surface area contributed by atoms with Crippen LogP contribution in [0.4, 0.5) is 4.79 Å². The maximum atomic E-state index is 12.8. The highest BCUT2D eigenvalue weighted by atomic mass is 16.2. The number of imidazole rings is 1. The van der Waals surface area contributed by atoms with E-state index in [1.54, 1.807) is 13.1 Å². The summed E-state index contributed by atoms with van der Waals surface area (Å²) in [5, 5.41) is 5.81. The third-order valence-electron chi connectivity index (χ3n) is 5.70. The van der Waals surface area contributed by atoms with Crippen LogP contribution in [-0.2, 0) is 22.6 Å². The first kappa shape index (κ1) is 16.1. The fourth-order valence-corrected chi connectivity index (χ4v) is 4.23. The van der Waals surface area contributed by atoms with Gasteiger partial charge >= 0.3 is 6.03 Å². The fraction of sp³-hybridized carbons (Fsp3) is 0.647. The van der Waals surface area contributed by atoms with E-state index in [0.29, 0.717) is 19.4 Å². The van der Waals surface area contributed by atoms with Crippen molar-refractivity contribution in [2.45, 2.75) is 69.6 Å². The van der Waals surface area contributed by atoms with Gasteiger partial charge in [0.1, 0.15) is 17.4 Å². The number of fused-ring (bicyclic) bond motifs is 1. The summed E-state index contributed by atoms with van der Waals surface area (Å²) in [6.07, 6.45) is 8.45. The molecule has 1 spiro atoms. The molecule has 4 rings (SSSR count). The highest BCUT2D eigenvalue weighted by Gasteiger charge is 2.54. The number of aromatic nitrogens is 2. The van der Waals surface area contributed by atoms with Gasteiger partial charge in [-0.2, -0.15) is 0 Å². The molecule has 2 aliphatic heterocycles. The van der Waals surface area contributed by atoms with Gasteiger partial charge in [0, 0.05) is 31.4 Å². The van der Waals surface area contributed by atoms with E-state index in [4.69, 9.17) is 0 Å². The molecular formula is C17H23N5O3. The SMILES string of the molecule is C[C@@H](C(=O)N[C@@H]1CCc2nccn2C1)N1C(=O)NC2(CCCC2)C1=O. The summed E-state index contributed by atoms with van der Waals surface area (Å²) in [6, 6.07) is -1.27. The lowest BCUT2D eigenvalue weighted by Gasteiger charge is -2.28. The van der Waals surface area contributed by atoms with Gasteiger partial charge in [0.05, 0.1) is 0 Å². The number of carbonyl (C=O) groups is 3. The number of imide groups is 1. The molecule has 3 heterocycles. The number of nitrogens with one attached hydrogen (secondary N) is 2. The predicted molar refractivity (Wildman–Crippen MR) is 88.5 cm³/mol. The van der Waals surface area contributed by atoms with Gasteiger partial charge in [-0.25, -0.2) is 14.7 Å². The van der Waals surface area contributed by atoms with Gasteiger partial charge in [-0.1, -0.05) is 12.8 Å². The van der Waals surface area contributed by atoms with Crippen LogP contribution in [0, 0.1) is 0 Å². The molecule has 2 N–H and O–H groups in total. The predicted octanol–water partition coefficient (Wildman–Crippen LogP) is 0.567. The summed E-state index contributed by atoms with van der Waals surface area (Å²) in [4.78, 5) is 43.1. The first-order valence-electron chi connectivity index (χ1n) is 8.96. The Bertz CT molecular complexity index is 722. The summed E-state index contributed by atoms with van der Waals surface area (Å²) in [5.74, 6) is 0.487. The Morgan fingerprint density at radius 1 is 1.40 bits per heavy atom. The van der Waals surface area contributed by atoms with Crippen molar-refractivity contribution in [2.24, 2.45) is 0 Å². The molecule has 3 aliphatic rings. The van der Waals surface area contributed by atoms with E-state index in [1.165, 1.54) is 0 Å². The van der Waals surface area contributed by atoms with Gasteiger partial charge in [0.2, 0.25) is 5.91 Å². The second kappa shape index (κ2) is 5.86. The number of rotatable bonds is 3. The van der Waals surface area contributed by atoms with Crippen LogP contribution in [0.5, 0.6) is 0 Å². The zero-order chi connectivity index (χ0) is 17.6. The van der Waals surface area contributed by atoms with Crippen molar-refractivity contribution in [2.75, 3.05) is 0 Å². The zero-order valence-electron chi connectivity index (χ0n) is 14.3. The van der Waals surface area contributed by atoms with Crippen LogP contribution in [0.15, 0.2) is 12.4 Å². The molecular weight excluding hydrogens is 322 g/mol. The minimum absolute atomic E-state index is 0.0159. The third-order valence-corrected chi connectivity index (χ3v) is 5.70. The van der Waals surface area contributed by atoms with Gasteiger partial charge < -0.3 is 15.2 Å². The Kier molecular flexibility index (Phi) is 3.77. The number of carbonyl (C=O) groups excluding carboxylic acids is 3. The number of hydrogen-bond acceptors (Lipinski definition) is 4. The molecule has 25 heavy (non-hydrogen) atoms. The number of hydrogen-bond donors (Lipinski definition) is 2. The van der Waals surface area contributed by atoms with E-state index < -0.39 is 17.6 Å². The second-order valence-electron chi connectivity index (χ2n) is 7.31. The standard InChI is InChI=1S/C17H23N5O3/c1-11(22-15(24)17(20-16(22)25)6-2-3-7-17)14(23)19-12-4-5-13-18-8-9-21(13)10-12/h8-9,11-12H,2-7,10H2,1H3,(H,19,23)(H,20,25)/t11-,12+/m0/s1. The number of aryl methyl sites for hydroxylation is 1. The lowest BCUT2D eigenvalue weighted by atomic mass is 9.97. The van der Waals surface area contributed by atoms with Crippen LogP contribution in [0.1, 0.15) is 44.9 Å². The summed E-state index contributed by atoms with van der Waals surface area (Å²) in [5.41, 5.74) is -0.776. The van der Waals surface area contributed by atoms with Crippen molar-refractivity contribution < 1.29 is 14.4 Å². The van der Waals surface area contributed by atoms with Crippen LogP contribution in [0.3, 0.4) is 0 Å². The molecule has 1 aromatic heterocycles. The average molecular weight is 345 g/mol. The molecule has 134 valence electrons. The lowest BCUT2D eigenvalue weighted by molar-refractivity contribution is -0.138. The number of amides is 4. The van der Waals surface area contributed by atoms with Crippen molar-refractivity contribution in [3.8, 4) is 0 Å². The molecule has 0 aromatic carbocycles. The Labute approximate surface area is 146 Å². The summed E-state index contributed by atoms with van der Waals surface area (Å²) in [7, 11) is 0. The van der Waals surface area contributed by atoms with Crippen molar-refractivity contribution in [3.63, 3.8) is 0 Å². The van der Waals surface area contributed by atoms with Gasteiger partial charge in [-0.15, -0.1) is 0 Å². The quantitative estimate of drug-likeness (QED) is 0.783. The maximum absolute atomic E-state index is 12.8. The Hall–Kier alpha value is -2.38. The molecule has 1 aliphatic carbocycles. The van der Waals surface area contributed by atoms with Gasteiger partial charge in [0.25, 0.3) is 5.91 Å². The molecule has 4 amide bonds. The molecule has 0 bridgehead atoms. The highest BCUT2D eigenvalue weighted by molar-refractivity contribution is 6.09. The van der Waals surface area contributed by atoms with E-state index in [0.717, 1.165) is 36.4 Å². The van der Waals surface area contributed by atoms with E-state index in [9.17, 15) is 14.4 Å². The summed E-state index contributed by atoms with van der Waals surface area (Å²) < 4.78 is 2.03. The highest BCUT2D eigenvalue weighted by Crippen LogP contribution is 2.35. The molecule has 0 radical (unpaired) electrons. The van der Waals surface area contributed by atoms with Crippen LogP contribution in [-0.4, -0.2) is 49.9 Å². The molecule has 1 aromatic rings. The van der Waals surface area contributed by atoms with E-state index >= 15 is 0 Å². The Morgan fingerprint density at radius 2 is 2.16 bits per heavy atom. The first-order valence-corrected chi connectivity index (χ1v) is 8.96. The van der Waals surface area contributed by atoms with Crippen LogP contribution >= 0.6 is 0 Å². The van der Waals surface area contributed by atoms with Crippen LogP contribution in [0.25, 0.3) is 0 Å². The second-order valence-corrected chi connectivity index (χ2v) is 7.31. The zero-order valence-corrected chi connectivity index (χ0v) is 14.3. The minimum atomic E-state index is -0.809. The average Bonchev–Trinajstić information content (AvgIpc) is 3.28. The topological polar surface area (TPSA) is 96.3 Å². The van der Waals surface area contributed by atoms with Gasteiger partial charge in [0.15, 0.2) is 0 Å². The molecule has 1 saturated heterocycles. The van der Waals surface area contributed by atoms with Crippen molar-refractivity contribution in [3.05, 3.63) is 18.2 Å². The van der Waals surface area contributed by atoms with Gasteiger partial charge in [-0.3, -0.25) is 9.59 Å². The molecule has 8 nitrogen and oxygen atoms in total. The van der Waals surface area contributed by atoms with Crippen molar-refractivity contribution in [1.29, 1.82) is 0 Å². The monoisotopic (exact) mass is 345 g/mol. The normalized spacial score (nSPS) is 25.8. The Balaban J connectivity index is 1.42. The molecule has 1 saturated carbocycles. The molecule has 0 unspecified atom stereocenters. The lowest BCUT2D eigenvalue weighted by Crippen LogP contribution is -2.52. The maximum Gasteiger partial charge on any atom is 0.325 e. The van der Waals surface area contributed by atoms with Crippen molar-refractivity contribution in [1.82, 2.24) is 25.1 Å². The smallest absolute Gasteiger partial charge is 0.325 e. The van der Waals surface area contributed by atoms with Gasteiger partial charge in [-0.05, 0) is 26.2 Å². The van der Waals surface area contributed by atoms with E-state index in [1.807, 2.05) is 10.8 Å². The number of urea groups is 1. The summed E-state index contributed by atoms with van der Waals surface area (Å²) >= 11 is 0. The number of nitrogens with zero attached hydrogens (tertiary/aromatic N) is 3. The Morgan fingerprint density at radius 3 is 2.92 bits per heavy atom. The third kappa shape index (κ3) is 2.60. The van der Waals surface area contributed by atoms with Crippen LogP contribution in [0.2, 0.25) is 0 Å². The first-order chi connectivity index (χ1) is 12.0. The fourth-order valence-electron chi connectivity index (χ4n) is 4.23. The van der Waals surface area contributed by atoms with Crippen molar-refractivity contribution >= 4 is 17.8 Å². The molecule has 8 heteroatoms. The van der Waals surface area contributed by atoms with E-state index in [-0.39, 0.29) is 17.9 Å². The largest absolute Gasteiger partial charge is 0.350 e. The summed E-state index contributed by atoms with van der Waals surface area (Å²) in [6.45, 7) is 2.28. The van der Waals surface area contributed by atoms with Crippen LogP contribution < -0.4 is 10.6 Å².